The van der Waals surface area contributed by atoms with E-state index < -0.39 is 72.5 Å². The van der Waals surface area contributed by atoms with Gasteiger partial charge in [0.15, 0.2) is 0 Å². The van der Waals surface area contributed by atoms with E-state index in [4.69, 9.17) is 29.7 Å². The lowest BCUT2D eigenvalue weighted by molar-refractivity contribution is 0.669. The molecule has 3 heteroatoms. The van der Waals surface area contributed by atoms with Gasteiger partial charge in [-0.2, -0.15) is 0 Å². The van der Waals surface area contributed by atoms with Crippen LogP contribution >= 0.6 is 0 Å². The van der Waals surface area contributed by atoms with Crippen LogP contribution in [0.1, 0.15) is 32.9 Å². The third kappa shape index (κ3) is 13.4. The number of rotatable bonds is 9. The second kappa shape index (κ2) is 33.2. The summed E-state index contributed by atoms with van der Waals surface area (Å²) in [6.07, 6.45) is 0. The van der Waals surface area contributed by atoms with Crippen LogP contribution in [-0.2, 0) is 0 Å². The second-order valence-corrected chi connectivity index (χ2v) is 35.5. The number of hydrogen-bond acceptors (Lipinski definition) is 3. The van der Waals surface area contributed by atoms with Crippen molar-refractivity contribution in [3.63, 3.8) is 0 Å². The van der Waals surface area contributed by atoms with Crippen molar-refractivity contribution in [2.24, 2.45) is 0 Å². The normalized spacial score (nSPS) is 14.2. The molecule has 0 radical (unpaired) electrons. The molecule has 30 aromatic rings. The molecule has 3 heterocycles. The highest BCUT2D eigenvalue weighted by molar-refractivity contribution is 6.29. The minimum absolute atomic E-state index is 0.170. The van der Waals surface area contributed by atoms with Crippen molar-refractivity contribution in [1.29, 1.82) is 0 Å². The molecular formula is C138H84O3. The number of hydrogen-bond donors (Lipinski definition) is 0. The second-order valence-electron chi connectivity index (χ2n) is 35.5. The SMILES string of the molecule is [2H]c1c([2H])c([2H])c2c(-c3ccc(-c4cccc5ccccc45)c4ccccc34)c3c([2H])c([2H])c([2H])c([2H])c3c(-c3ccc4oc5cc6ccccc6cc5c4c3)c2c1[2H].[2H]c1c([2H])c([2H])c2c(-c3ccc(-c4ccccc4)c4ccccc34)c3c([2H])c([2H])c([2H])c([2H])c3c(-c3ccc4oc5cc6ccccc6cc5c4c3)c2c1[2H].[2H]c1c([2H])c([2H])c2c(-c3ccccc3-c3ccccc3)c3c([2H])c([2H])c([2H])c([2H])c3c(-c3ccc4oc5cc6ccccc6cc5c4c3)c2c1[2H]. The standard InChI is InChI=1S/C50H30O.C46H28O.C42H26O/c1-2-14-33-30-48-46(28-32(33)13-1)45-29-34(24-27-47(45)51-48)49-40-19-7-9-21-42(40)50(43-22-10-8-20-41(43)49)44-26-25-39(37-17-5-6-18-38(37)44)36-23-11-15-31-12-3-4-16-35(31)36;1-2-12-29(13-3-1)33-23-24-40(35-17-7-6-16-34(33)35)46-38-20-10-8-18-36(38)45(37-19-9-11-21-39(37)46)32-22-25-43-41(27-32)42-26-30-14-4-5-15-31(30)28-44(42)47-43;1-2-12-27(13-3-1)31-16-6-7-17-32(31)42-35-20-10-8-18-33(35)41(34-19-9-11-21-36(34)42)30-22-23-39-37(25-30)38-24-28-14-4-5-15-29(28)26-40(38)43-39/h1-30H;1-28H;1-26H/i7D,8D,9D,10D,19D,20D,21D,22D;2*8D,9D,10D,11D,18D,19D,20D,21D. The molecule has 0 saturated heterocycles. The van der Waals surface area contributed by atoms with Gasteiger partial charge in [-0.15, -0.1) is 0 Å². The lowest BCUT2D eigenvalue weighted by Crippen LogP contribution is -1.92. The molecule has 30 rings (SSSR count). The Hall–Kier alpha value is -18.5. The van der Waals surface area contributed by atoms with E-state index in [9.17, 15) is 16.4 Å². The highest BCUT2D eigenvalue weighted by Gasteiger charge is 2.27. The van der Waals surface area contributed by atoms with Gasteiger partial charge in [0.2, 0.25) is 0 Å². The summed E-state index contributed by atoms with van der Waals surface area (Å²) >= 11 is 0. The van der Waals surface area contributed by atoms with E-state index in [1.165, 1.54) is 0 Å². The third-order valence-electron chi connectivity index (χ3n) is 27.8. The Kier molecular flexibility index (Phi) is 14.1. The van der Waals surface area contributed by atoms with Gasteiger partial charge in [-0.25, -0.2) is 0 Å². The smallest absolute Gasteiger partial charge is 0.136 e. The Morgan fingerprint density at radius 1 is 0.121 bits per heavy atom. The summed E-state index contributed by atoms with van der Waals surface area (Å²) in [7, 11) is 0. The first-order valence-corrected chi connectivity index (χ1v) is 46.6. The fourth-order valence-corrected chi connectivity index (χ4v) is 21.6. The van der Waals surface area contributed by atoms with Gasteiger partial charge >= 0.3 is 0 Å². The molecule has 3 nitrogen and oxygen atoms in total. The van der Waals surface area contributed by atoms with Crippen LogP contribution in [0.2, 0.25) is 0 Å². The Labute approximate surface area is 845 Å². The van der Waals surface area contributed by atoms with Crippen LogP contribution in [0.4, 0.5) is 0 Å². The molecule has 0 unspecified atom stereocenters. The van der Waals surface area contributed by atoms with Crippen molar-refractivity contribution in [2.75, 3.05) is 0 Å². The van der Waals surface area contributed by atoms with Gasteiger partial charge in [0.1, 0.15) is 33.5 Å². The maximum Gasteiger partial charge on any atom is 0.136 e. The van der Waals surface area contributed by atoms with Gasteiger partial charge in [0.05, 0.1) is 32.9 Å². The van der Waals surface area contributed by atoms with Gasteiger partial charge < -0.3 is 13.3 Å². The monoisotopic (exact) mass is 1810 g/mol. The van der Waals surface area contributed by atoms with Crippen molar-refractivity contribution in [3.8, 4) is 100 Å². The van der Waals surface area contributed by atoms with E-state index in [0.29, 0.717) is 100 Å². The maximum absolute atomic E-state index is 9.54. The van der Waals surface area contributed by atoms with Crippen LogP contribution in [0.3, 0.4) is 0 Å². The van der Waals surface area contributed by atoms with Crippen LogP contribution in [0, 0.1) is 0 Å². The average molecular weight is 1810 g/mol. The van der Waals surface area contributed by atoms with Crippen molar-refractivity contribution >= 4 is 195 Å². The van der Waals surface area contributed by atoms with Crippen LogP contribution in [-0.4, -0.2) is 0 Å². The Morgan fingerprint density at radius 3 is 0.716 bits per heavy atom. The van der Waals surface area contributed by atoms with Crippen molar-refractivity contribution in [1.82, 2.24) is 0 Å². The lowest BCUT2D eigenvalue weighted by atomic mass is 9.83. The number of fused-ring (bicyclic) bond motifs is 21. The molecule has 0 aliphatic rings. The molecule has 0 aliphatic heterocycles. The zero-order valence-electron chi connectivity index (χ0n) is 98.9. The van der Waals surface area contributed by atoms with Crippen LogP contribution < -0.4 is 0 Å². The molecule has 0 spiro atoms. The molecule has 654 valence electrons. The van der Waals surface area contributed by atoms with Gasteiger partial charge in [-0.05, 0) is 302 Å². The van der Waals surface area contributed by atoms with Crippen LogP contribution in [0.15, 0.2) is 522 Å². The largest absolute Gasteiger partial charge is 0.456 e. The zero-order valence-corrected chi connectivity index (χ0v) is 74.9. The van der Waals surface area contributed by atoms with Crippen LogP contribution in [0.5, 0.6) is 0 Å². The van der Waals surface area contributed by atoms with Gasteiger partial charge in [0, 0.05) is 32.3 Å². The van der Waals surface area contributed by atoms with Crippen LogP contribution in [0.25, 0.3) is 295 Å². The number of benzene rings is 27. The minimum atomic E-state index is -0.438. The molecular weight excluding hydrogens is 1710 g/mol. The van der Waals surface area contributed by atoms with E-state index in [2.05, 4.69) is 42.5 Å². The number of furan rings is 3. The fourth-order valence-electron chi connectivity index (χ4n) is 21.6. The first-order chi connectivity index (χ1) is 79.9. The van der Waals surface area contributed by atoms with Crippen molar-refractivity contribution in [3.05, 3.63) is 509 Å². The van der Waals surface area contributed by atoms with E-state index in [0.717, 1.165) is 130 Å². The molecule has 0 fully saturated rings. The Bertz CT molecular complexity index is 11800. The first kappa shape index (κ1) is 60.0. The average Bonchev–Trinajstić information content (AvgIpc) is 1.10. The third-order valence-corrected chi connectivity index (χ3v) is 27.8. The molecule has 0 aliphatic carbocycles. The molecule has 0 bridgehead atoms. The predicted octanol–water partition coefficient (Wildman–Crippen LogP) is 39.6. The highest BCUT2D eigenvalue weighted by Crippen LogP contribution is 2.54. The maximum atomic E-state index is 9.54. The van der Waals surface area contributed by atoms with E-state index >= 15 is 0 Å². The van der Waals surface area contributed by atoms with Gasteiger partial charge in [-0.1, -0.05) is 436 Å². The lowest BCUT2D eigenvalue weighted by Gasteiger charge is -2.20. The first-order valence-electron chi connectivity index (χ1n) is 58.6. The van der Waals surface area contributed by atoms with E-state index in [1.54, 1.807) is 18.2 Å². The fraction of sp³-hybridized carbons (Fsp3) is 0. The summed E-state index contributed by atoms with van der Waals surface area (Å²) in [5, 5.41) is 18.6. The Balaban J connectivity index is 0.000000116. The molecule has 0 N–H and O–H groups in total. The quantitative estimate of drug-likeness (QED) is 0.135. The summed E-state index contributed by atoms with van der Waals surface area (Å²) in [4.78, 5) is 0. The van der Waals surface area contributed by atoms with Crippen molar-refractivity contribution < 1.29 is 46.1 Å². The van der Waals surface area contributed by atoms with Crippen molar-refractivity contribution in [2.45, 2.75) is 0 Å². The molecule has 3 aromatic heterocycles. The van der Waals surface area contributed by atoms with Gasteiger partial charge in [0.25, 0.3) is 0 Å². The Morgan fingerprint density at radius 2 is 0.355 bits per heavy atom. The molecule has 0 saturated carbocycles. The summed E-state index contributed by atoms with van der Waals surface area (Å²) in [5.74, 6) is 0. The summed E-state index contributed by atoms with van der Waals surface area (Å²) in [5.41, 5.74) is 14.7. The highest BCUT2D eigenvalue weighted by atomic mass is 16.3. The van der Waals surface area contributed by atoms with E-state index in [1.807, 2.05) is 303 Å². The topological polar surface area (TPSA) is 39.4 Å². The summed E-state index contributed by atoms with van der Waals surface area (Å²) < 4.78 is 239. The summed E-state index contributed by atoms with van der Waals surface area (Å²) in [6.45, 7) is 0. The molecule has 0 amide bonds. The van der Waals surface area contributed by atoms with E-state index in [-0.39, 0.29) is 137 Å². The zero-order chi connectivity index (χ0) is 114. The van der Waals surface area contributed by atoms with Gasteiger partial charge in [-0.3, -0.25) is 0 Å². The predicted molar refractivity (Wildman–Crippen MR) is 600 cm³/mol. The molecule has 27 aromatic carbocycles. The molecule has 0 atom stereocenters. The summed E-state index contributed by atoms with van der Waals surface area (Å²) in [6, 6.07) is 109. The molecule has 141 heavy (non-hydrogen) atoms. The minimum Gasteiger partial charge on any atom is -0.456 e.